The Hall–Kier alpha value is -4.00. The zero-order valence-corrected chi connectivity index (χ0v) is 21.8. The number of halogens is 3. The molecule has 0 bridgehead atoms. The average Bonchev–Trinajstić information content (AvgIpc) is 2.93. The van der Waals surface area contributed by atoms with Gasteiger partial charge in [-0.25, -0.2) is 9.59 Å². The lowest BCUT2D eigenvalue weighted by Crippen LogP contribution is -2.52. The molecule has 0 radical (unpaired) electrons. The molecule has 1 amide bonds. The summed E-state index contributed by atoms with van der Waals surface area (Å²) in [5.74, 6) is -3.24. The van der Waals surface area contributed by atoms with Crippen LogP contribution < -0.4 is 16.2 Å². The minimum Gasteiger partial charge on any atom is -0.475 e. The summed E-state index contributed by atoms with van der Waals surface area (Å²) < 4.78 is 43.0. The number of hydrogen-bond acceptors (Lipinski definition) is 7. The lowest BCUT2D eigenvalue weighted by molar-refractivity contribution is -0.192. The van der Waals surface area contributed by atoms with Gasteiger partial charge in [-0.3, -0.25) is 4.79 Å². The minimum atomic E-state index is -5.08. The van der Waals surface area contributed by atoms with Crippen molar-refractivity contribution in [2.45, 2.75) is 37.7 Å². The van der Waals surface area contributed by atoms with Gasteiger partial charge < -0.3 is 30.9 Å². The van der Waals surface area contributed by atoms with Gasteiger partial charge in [-0.05, 0) is 47.9 Å². The molecule has 0 unspecified atom stereocenters. The molecule has 0 heterocycles. The fourth-order valence-electron chi connectivity index (χ4n) is 3.56. The van der Waals surface area contributed by atoms with Crippen LogP contribution in [0.2, 0.25) is 0 Å². The van der Waals surface area contributed by atoms with Gasteiger partial charge in [0.1, 0.15) is 17.8 Å². The number of nitrogens with zero attached hydrogens (tertiary/aromatic N) is 1. The van der Waals surface area contributed by atoms with Gasteiger partial charge >= 0.3 is 18.1 Å². The summed E-state index contributed by atoms with van der Waals surface area (Å²) in [4.78, 5) is 36.1. The van der Waals surface area contributed by atoms with Crippen molar-refractivity contribution in [1.29, 1.82) is 0 Å². The minimum absolute atomic E-state index is 0.0431. The Morgan fingerprint density at radius 1 is 0.975 bits per heavy atom. The van der Waals surface area contributed by atoms with Gasteiger partial charge in [-0.15, -0.1) is 0 Å². The molecule has 0 aliphatic heterocycles. The molecule has 0 aliphatic rings. The Balaban J connectivity index is 0.000000708. The van der Waals surface area contributed by atoms with Crippen molar-refractivity contribution >= 4 is 28.6 Å². The molecule has 40 heavy (non-hydrogen) atoms. The first kappa shape index (κ1) is 32.2. The first-order valence-electron chi connectivity index (χ1n) is 12.3. The predicted molar refractivity (Wildman–Crippen MR) is 142 cm³/mol. The van der Waals surface area contributed by atoms with E-state index in [0.717, 1.165) is 16.3 Å². The molecule has 9 nitrogen and oxygen atoms in total. The number of likely N-dealkylation sites (N-methyl/N-ethyl adjacent to an activating group) is 1. The topological polar surface area (TPSA) is 145 Å². The van der Waals surface area contributed by atoms with Crippen molar-refractivity contribution < 1.29 is 42.1 Å². The lowest BCUT2D eigenvalue weighted by Gasteiger charge is -2.28. The van der Waals surface area contributed by atoms with Gasteiger partial charge in [-0.2, -0.15) is 13.2 Å². The number of carboxylic acids is 1. The number of alkyl halides is 3. The molecule has 0 saturated carbocycles. The van der Waals surface area contributed by atoms with Crippen LogP contribution in [0.25, 0.3) is 10.8 Å². The Morgan fingerprint density at radius 2 is 1.57 bits per heavy atom. The first-order chi connectivity index (χ1) is 18.9. The Labute approximate surface area is 229 Å². The maximum absolute atomic E-state index is 13.0. The summed E-state index contributed by atoms with van der Waals surface area (Å²) in [6.45, 7) is 0.793. The molecule has 3 aromatic rings. The highest BCUT2D eigenvalue weighted by molar-refractivity contribution is 5.89. The fraction of sp³-hybridized carbons (Fsp3) is 0.321. The molecule has 5 N–H and O–H groups in total. The highest BCUT2D eigenvalue weighted by Gasteiger charge is 2.38. The van der Waals surface area contributed by atoms with Gasteiger partial charge in [0, 0.05) is 7.05 Å². The molecule has 0 spiro atoms. The zero-order chi connectivity index (χ0) is 29.7. The zero-order valence-electron chi connectivity index (χ0n) is 21.8. The highest BCUT2D eigenvalue weighted by Crippen LogP contribution is 2.22. The normalized spacial score (nSPS) is 12.6. The van der Waals surface area contributed by atoms with Crippen LogP contribution in [0, 0.1) is 0 Å². The Morgan fingerprint density at radius 3 is 2.17 bits per heavy atom. The Bertz CT molecular complexity index is 1260. The van der Waals surface area contributed by atoms with Crippen LogP contribution in [0.4, 0.5) is 13.2 Å². The molecule has 0 saturated heterocycles. The number of carboxylic acid groups (broad SMARTS) is 1. The molecular formula is C28H32F3N3O6. The predicted octanol–water partition coefficient (Wildman–Crippen LogP) is 3.49. The molecule has 0 aliphatic carbocycles. The second kappa shape index (κ2) is 15.6. The van der Waals surface area contributed by atoms with Crippen molar-refractivity contribution in [2.24, 2.45) is 11.5 Å². The first-order valence-corrected chi connectivity index (χ1v) is 12.3. The van der Waals surface area contributed by atoms with Crippen LogP contribution in [-0.4, -0.2) is 66.3 Å². The van der Waals surface area contributed by atoms with Crippen molar-refractivity contribution in [3.05, 3.63) is 78.4 Å². The largest absolute Gasteiger partial charge is 0.490 e. The molecule has 0 aromatic heterocycles. The summed E-state index contributed by atoms with van der Waals surface area (Å²) >= 11 is 0. The number of amides is 1. The maximum atomic E-state index is 13.0. The van der Waals surface area contributed by atoms with Crippen LogP contribution in [0.3, 0.4) is 0 Å². The third kappa shape index (κ3) is 10.3. The van der Waals surface area contributed by atoms with Gasteiger partial charge in [-0.1, -0.05) is 60.7 Å². The quantitative estimate of drug-likeness (QED) is 0.238. The Kier molecular flexibility index (Phi) is 12.5. The summed E-state index contributed by atoms with van der Waals surface area (Å²) in [7, 11) is 1.56. The van der Waals surface area contributed by atoms with E-state index in [2.05, 4.69) is 0 Å². The highest BCUT2D eigenvalue weighted by atomic mass is 19.4. The van der Waals surface area contributed by atoms with E-state index in [9.17, 15) is 22.8 Å². The second-order valence-corrected chi connectivity index (χ2v) is 8.74. The number of nitrogens with two attached hydrogens (primary N) is 2. The van der Waals surface area contributed by atoms with Crippen molar-refractivity contribution in [3.8, 4) is 5.75 Å². The number of aliphatic carboxylic acids is 1. The van der Waals surface area contributed by atoms with E-state index < -0.39 is 30.2 Å². The molecule has 216 valence electrons. The number of carbonyl (C=O) groups excluding carboxylic acids is 2. The van der Waals surface area contributed by atoms with Crippen LogP contribution in [0.1, 0.15) is 18.4 Å². The third-order valence-corrected chi connectivity index (χ3v) is 5.68. The number of esters is 1. The van der Waals surface area contributed by atoms with Crippen LogP contribution in [0.5, 0.6) is 5.75 Å². The summed E-state index contributed by atoms with van der Waals surface area (Å²) in [6.07, 6.45) is -4.14. The van der Waals surface area contributed by atoms with E-state index >= 15 is 0 Å². The molecule has 0 fully saturated rings. The van der Waals surface area contributed by atoms with E-state index in [-0.39, 0.29) is 12.5 Å². The number of fused-ring (bicyclic) bond motifs is 1. The van der Waals surface area contributed by atoms with Gasteiger partial charge in [0.25, 0.3) is 0 Å². The maximum Gasteiger partial charge on any atom is 0.490 e. The van der Waals surface area contributed by atoms with E-state index in [1.54, 1.807) is 19.2 Å². The van der Waals surface area contributed by atoms with Crippen LogP contribution in [0.15, 0.2) is 72.8 Å². The van der Waals surface area contributed by atoms with E-state index in [4.69, 9.17) is 30.8 Å². The molecule has 2 atom stereocenters. The average molecular weight is 564 g/mol. The summed E-state index contributed by atoms with van der Waals surface area (Å²) in [5.41, 5.74) is 12.7. The monoisotopic (exact) mass is 563 g/mol. The fourth-order valence-corrected chi connectivity index (χ4v) is 3.56. The number of ether oxygens (including phenoxy) is 2. The van der Waals surface area contributed by atoms with Crippen molar-refractivity contribution in [2.75, 3.05) is 20.2 Å². The standard InChI is InChI=1S/C26H31N3O4.C2HF3O2/c1-29(25(30)23(28)18-32-17-19-8-3-2-4-9-19)24(12-7-15-27)26(31)33-22-14-13-20-10-5-6-11-21(20)16-22;3-2(4,5)1(6)7/h2-6,8-11,13-14,16,23-24H,7,12,15,17-18,27-28H2,1H3;(H,6,7)/t23-,24-;/m0./s1. The van der Waals surface area contributed by atoms with Crippen molar-refractivity contribution in [1.82, 2.24) is 4.90 Å². The number of benzene rings is 3. The van der Waals surface area contributed by atoms with E-state index in [1.807, 2.05) is 60.7 Å². The third-order valence-electron chi connectivity index (χ3n) is 5.68. The molecule has 3 rings (SSSR count). The molecular weight excluding hydrogens is 531 g/mol. The van der Waals surface area contributed by atoms with E-state index in [1.165, 1.54) is 4.90 Å². The van der Waals surface area contributed by atoms with Crippen LogP contribution in [-0.2, 0) is 25.7 Å². The van der Waals surface area contributed by atoms with Gasteiger partial charge in [0.15, 0.2) is 0 Å². The number of hydrogen-bond donors (Lipinski definition) is 3. The lowest BCUT2D eigenvalue weighted by atomic mass is 10.1. The summed E-state index contributed by atoms with van der Waals surface area (Å²) in [6, 6.07) is 21.2. The number of rotatable bonds is 11. The van der Waals surface area contributed by atoms with Crippen molar-refractivity contribution in [3.63, 3.8) is 0 Å². The van der Waals surface area contributed by atoms with Gasteiger partial charge in [0.2, 0.25) is 5.91 Å². The SMILES string of the molecule is CN(C(=O)[C@@H](N)COCc1ccccc1)[C@@H](CCCN)C(=O)Oc1ccc2ccccc2c1.O=C(O)C(F)(F)F. The second-order valence-electron chi connectivity index (χ2n) is 8.74. The summed E-state index contributed by atoms with van der Waals surface area (Å²) in [5, 5.41) is 9.13. The smallest absolute Gasteiger partial charge is 0.475 e. The number of carbonyl (C=O) groups is 3. The molecule has 12 heteroatoms. The van der Waals surface area contributed by atoms with Crippen LogP contribution >= 0.6 is 0 Å². The van der Waals surface area contributed by atoms with E-state index in [0.29, 0.717) is 31.7 Å². The molecule has 3 aromatic carbocycles. The van der Waals surface area contributed by atoms with Gasteiger partial charge in [0.05, 0.1) is 13.2 Å².